The predicted octanol–water partition coefficient (Wildman–Crippen LogP) is 3.48. The highest BCUT2D eigenvalue weighted by atomic mass is 35.5. The molecule has 2 aliphatic heterocycles. The van der Waals surface area contributed by atoms with E-state index in [9.17, 15) is 4.79 Å². The molecule has 2 aromatic rings. The Bertz CT molecular complexity index is 1230. The van der Waals surface area contributed by atoms with E-state index in [0.29, 0.717) is 47.6 Å². The van der Waals surface area contributed by atoms with Crippen molar-refractivity contribution in [3.8, 4) is 11.3 Å². The minimum atomic E-state index is -0.221. The van der Waals surface area contributed by atoms with Gasteiger partial charge in [0.1, 0.15) is 11.7 Å². The van der Waals surface area contributed by atoms with Crippen molar-refractivity contribution in [3.63, 3.8) is 0 Å². The summed E-state index contributed by atoms with van der Waals surface area (Å²) in [4.78, 5) is 28.6. The summed E-state index contributed by atoms with van der Waals surface area (Å²) in [5, 5.41) is 3.72. The minimum Gasteiger partial charge on any atom is -0.379 e. The largest absolute Gasteiger partial charge is 0.379 e. The van der Waals surface area contributed by atoms with Crippen LogP contribution in [0.25, 0.3) is 16.8 Å². The van der Waals surface area contributed by atoms with Gasteiger partial charge in [-0.3, -0.25) is 14.7 Å². The van der Waals surface area contributed by atoms with Crippen molar-refractivity contribution in [2.45, 2.75) is 26.3 Å². The smallest absolute Gasteiger partial charge is 0.260 e. The van der Waals surface area contributed by atoms with Gasteiger partial charge in [0.2, 0.25) is 0 Å². The van der Waals surface area contributed by atoms with Crippen LogP contribution >= 0.6 is 11.6 Å². The van der Waals surface area contributed by atoms with Crippen LogP contribution in [0.3, 0.4) is 0 Å². The van der Waals surface area contributed by atoms with Crippen molar-refractivity contribution in [1.82, 2.24) is 20.2 Å². The lowest BCUT2D eigenvalue weighted by Gasteiger charge is -2.30. The van der Waals surface area contributed by atoms with Gasteiger partial charge in [-0.25, -0.2) is 9.98 Å². The Morgan fingerprint density at radius 1 is 1.43 bits per heavy atom. The van der Waals surface area contributed by atoms with Gasteiger partial charge in [0.05, 0.1) is 30.2 Å². The van der Waals surface area contributed by atoms with Gasteiger partial charge in [-0.1, -0.05) is 36.4 Å². The number of ether oxygens (including phenoxy) is 1. The Morgan fingerprint density at radius 2 is 2.26 bits per heavy atom. The standard InChI is InChI=1S/C26H29ClN6O2/c1-4-18-11-22(21-6-5-19(12-23(21)27)24-14-29-13-16(2)30-24)26(34)33(9-8-28)25(18)32-17(3)31-20-7-10-35-15-20/h4-6,11-14,20,31H,3,7-10,15,28H2,1-2H3/b18-4-,32-25+. The molecule has 1 amide bonds. The summed E-state index contributed by atoms with van der Waals surface area (Å²) in [5.74, 6) is 0.760. The van der Waals surface area contributed by atoms with Crippen molar-refractivity contribution in [3.05, 3.63) is 77.0 Å². The van der Waals surface area contributed by atoms with Gasteiger partial charge in [0, 0.05) is 53.2 Å². The van der Waals surface area contributed by atoms with Gasteiger partial charge in [-0.05, 0) is 32.4 Å². The summed E-state index contributed by atoms with van der Waals surface area (Å²) in [6.07, 6.45) is 7.99. The average molecular weight is 493 g/mol. The second-order valence-corrected chi connectivity index (χ2v) is 8.78. The van der Waals surface area contributed by atoms with Crippen LogP contribution in [0.15, 0.2) is 65.7 Å². The fraction of sp³-hybridized carbons (Fsp3) is 0.308. The molecule has 0 bridgehead atoms. The van der Waals surface area contributed by atoms with Crippen LogP contribution in [0.5, 0.6) is 0 Å². The van der Waals surface area contributed by atoms with Crippen molar-refractivity contribution < 1.29 is 9.53 Å². The molecule has 3 heterocycles. The molecule has 9 heteroatoms. The molecule has 4 rings (SSSR count). The Balaban J connectivity index is 1.69. The summed E-state index contributed by atoms with van der Waals surface area (Å²) in [7, 11) is 0. The Morgan fingerprint density at radius 3 is 2.91 bits per heavy atom. The number of benzene rings is 1. The normalized spacial score (nSPS) is 20.5. The molecule has 1 aromatic carbocycles. The van der Waals surface area contributed by atoms with Gasteiger partial charge < -0.3 is 15.8 Å². The summed E-state index contributed by atoms with van der Waals surface area (Å²) in [6, 6.07) is 5.68. The van der Waals surface area contributed by atoms with Crippen LogP contribution in [0.2, 0.25) is 5.02 Å². The molecule has 0 spiro atoms. The molecule has 35 heavy (non-hydrogen) atoms. The molecule has 0 radical (unpaired) electrons. The van der Waals surface area contributed by atoms with Crippen LogP contribution < -0.4 is 11.1 Å². The van der Waals surface area contributed by atoms with Crippen molar-refractivity contribution in [1.29, 1.82) is 0 Å². The maximum atomic E-state index is 13.6. The summed E-state index contributed by atoms with van der Waals surface area (Å²) < 4.78 is 5.41. The number of rotatable bonds is 7. The lowest BCUT2D eigenvalue weighted by molar-refractivity contribution is -0.121. The number of carbonyl (C=O) groups is 1. The molecule has 182 valence electrons. The lowest BCUT2D eigenvalue weighted by Crippen LogP contribution is -2.44. The fourth-order valence-corrected chi connectivity index (χ4v) is 4.37. The van der Waals surface area contributed by atoms with Crippen LogP contribution in [-0.4, -0.2) is 59.0 Å². The first kappa shape index (κ1) is 24.8. The molecule has 1 unspecified atom stereocenters. The van der Waals surface area contributed by atoms with Gasteiger partial charge in [0.15, 0.2) is 0 Å². The molecule has 1 aromatic heterocycles. The van der Waals surface area contributed by atoms with Gasteiger partial charge >= 0.3 is 0 Å². The summed E-state index contributed by atoms with van der Waals surface area (Å²) >= 11 is 6.68. The maximum absolute atomic E-state index is 13.6. The summed E-state index contributed by atoms with van der Waals surface area (Å²) in [6.45, 7) is 9.72. The van der Waals surface area contributed by atoms with Gasteiger partial charge in [0.25, 0.3) is 5.91 Å². The number of nitrogens with one attached hydrogen (secondary N) is 1. The number of carbonyl (C=O) groups excluding carboxylic acids is 1. The number of halogens is 1. The summed E-state index contributed by atoms with van der Waals surface area (Å²) in [5.41, 5.74) is 10.1. The van der Waals surface area contributed by atoms with E-state index in [4.69, 9.17) is 22.1 Å². The van der Waals surface area contributed by atoms with Crippen molar-refractivity contribution >= 4 is 28.9 Å². The number of aromatic nitrogens is 2. The SMILES string of the molecule is C=C(/N=C1\C(=C/C)C=C(c2ccc(-c3cncc(C)n3)cc2Cl)C(=O)N1CCN)NC1CCOC1. The quantitative estimate of drug-likeness (QED) is 0.613. The zero-order chi connectivity index (χ0) is 24.9. The Kier molecular flexibility index (Phi) is 7.75. The number of nitrogens with zero attached hydrogens (tertiary/aromatic N) is 4. The minimum absolute atomic E-state index is 0.157. The zero-order valence-electron chi connectivity index (χ0n) is 19.9. The van der Waals surface area contributed by atoms with E-state index in [1.54, 1.807) is 23.4 Å². The van der Waals surface area contributed by atoms with E-state index in [1.165, 1.54) is 0 Å². The maximum Gasteiger partial charge on any atom is 0.260 e. The van der Waals surface area contributed by atoms with E-state index >= 15 is 0 Å². The molecule has 1 fully saturated rings. The van der Waals surface area contributed by atoms with E-state index in [1.807, 2.05) is 38.1 Å². The van der Waals surface area contributed by atoms with Crippen LogP contribution in [-0.2, 0) is 9.53 Å². The third-order valence-electron chi connectivity index (χ3n) is 5.80. The highest BCUT2D eigenvalue weighted by molar-refractivity contribution is 6.37. The number of allylic oxidation sites excluding steroid dienone is 1. The number of amidine groups is 1. The number of aryl methyl sites for hydroxylation is 1. The van der Waals surface area contributed by atoms with E-state index in [2.05, 4.69) is 26.9 Å². The van der Waals surface area contributed by atoms with Crippen LogP contribution in [0.1, 0.15) is 24.6 Å². The number of hydrogen-bond acceptors (Lipinski definition) is 7. The lowest BCUT2D eigenvalue weighted by atomic mass is 9.95. The zero-order valence-corrected chi connectivity index (χ0v) is 20.7. The molecule has 2 aliphatic rings. The highest BCUT2D eigenvalue weighted by Gasteiger charge is 2.31. The molecular formula is C26H29ClN6O2. The van der Waals surface area contributed by atoms with Gasteiger partial charge in [-0.2, -0.15) is 0 Å². The third-order valence-corrected chi connectivity index (χ3v) is 6.12. The second kappa shape index (κ2) is 10.9. The highest BCUT2D eigenvalue weighted by Crippen LogP contribution is 2.33. The molecule has 1 saturated heterocycles. The topological polar surface area (TPSA) is 106 Å². The molecule has 3 N–H and O–H groups in total. The number of amides is 1. The predicted molar refractivity (Wildman–Crippen MR) is 139 cm³/mol. The first-order valence-electron chi connectivity index (χ1n) is 11.5. The first-order chi connectivity index (χ1) is 16.9. The van der Waals surface area contributed by atoms with E-state index < -0.39 is 0 Å². The number of hydrogen-bond donors (Lipinski definition) is 2. The second-order valence-electron chi connectivity index (χ2n) is 8.37. The van der Waals surface area contributed by atoms with Crippen LogP contribution in [0, 0.1) is 6.92 Å². The molecular weight excluding hydrogens is 464 g/mol. The Labute approximate surface area is 210 Å². The first-order valence-corrected chi connectivity index (χ1v) is 11.9. The fourth-order valence-electron chi connectivity index (χ4n) is 4.09. The monoisotopic (exact) mass is 492 g/mol. The van der Waals surface area contributed by atoms with E-state index in [-0.39, 0.29) is 18.5 Å². The van der Waals surface area contributed by atoms with E-state index in [0.717, 1.165) is 28.9 Å². The van der Waals surface area contributed by atoms with Crippen LogP contribution in [0.4, 0.5) is 0 Å². The van der Waals surface area contributed by atoms with Crippen molar-refractivity contribution in [2.24, 2.45) is 10.7 Å². The molecule has 0 aliphatic carbocycles. The molecule has 8 nitrogen and oxygen atoms in total. The Hall–Kier alpha value is -3.33. The van der Waals surface area contributed by atoms with Gasteiger partial charge in [-0.15, -0.1) is 0 Å². The molecule has 1 atom stereocenters. The van der Waals surface area contributed by atoms with Crippen molar-refractivity contribution in [2.75, 3.05) is 26.3 Å². The number of nitrogens with two attached hydrogens (primary N) is 1. The third kappa shape index (κ3) is 5.51. The average Bonchev–Trinajstić information content (AvgIpc) is 3.35. The molecule has 0 saturated carbocycles. The number of aliphatic imine (C=N–C) groups is 1.